The molecule has 4 N–H and O–H groups in total. The van der Waals surface area contributed by atoms with Crippen LogP contribution >= 0.6 is 0 Å². The molecule has 0 bridgehead atoms. The summed E-state index contributed by atoms with van der Waals surface area (Å²) in [5.41, 5.74) is 11.5. The summed E-state index contributed by atoms with van der Waals surface area (Å²) in [5, 5.41) is 8.18. The first-order valence-electron chi connectivity index (χ1n) is 5.11. The molecule has 0 spiro atoms. The van der Waals surface area contributed by atoms with Crippen LogP contribution in [-0.2, 0) is 0 Å². The maximum absolute atomic E-state index is 12.1. The van der Waals surface area contributed by atoms with E-state index < -0.39 is 0 Å². The van der Waals surface area contributed by atoms with E-state index in [-0.39, 0.29) is 11.5 Å². The van der Waals surface area contributed by atoms with E-state index in [1.54, 1.807) is 22.8 Å². The third-order valence-corrected chi connectivity index (χ3v) is 2.49. The average molecular weight is 243 g/mol. The molecular weight excluding hydrogens is 234 g/mol. The van der Waals surface area contributed by atoms with Crippen molar-refractivity contribution in [1.82, 2.24) is 19.3 Å². The first-order valence-corrected chi connectivity index (χ1v) is 5.11. The first kappa shape index (κ1) is 10.3. The Morgan fingerprint density at radius 2 is 2.17 bits per heavy atom. The highest BCUT2D eigenvalue weighted by Crippen LogP contribution is 2.09. The summed E-state index contributed by atoms with van der Waals surface area (Å²) < 4.78 is 2.64. The highest BCUT2D eigenvalue weighted by Gasteiger charge is 2.07. The molecule has 0 aliphatic rings. The fraction of sp³-hybridized carbons (Fsp3) is 0. The summed E-state index contributed by atoms with van der Waals surface area (Å²) in [6.07, 6.45) is 4.57. The molecule has 3 heterocycles. The van der Waals surface area contributed by atoms with Gasteiger partial charge in [0.15, 0.2) is 5.65 Å². The standard InChI is InChI=1S/C10H9N7O/c11-10(12)15-16-4-2-7-6(9(16)18)5-13-8-1-3-14-17(7)8/h1-5H,(H4,11,12,15). The molecule has 0 saturated heterocycles. The van der Waals surface area contributed by atoms with Crippen molar-refractivity contribution >= 4 is 22.5 Å². The molecule has 0 saturated carbocycles. The van der Waals surface area contributed by atoms with Gasteiger partial charge in [-0.3, -0.25) is 4.79 Å². The van der Waals surface area contributed by atoms with Gasteiger partial charge in [0.1, 0.15) is 0 Å². The molecule has 0 fully saturated rings. The minimum absolute atomic E-state index is 0.190. The molecule has 0 unspecified atom stereocenters. The van der Waals surface area contributed by atoms with Crippen molar-refractivity contribution in [3.8, 4) is 0 Å². The van der Waals surface area contributed by atoms with Crippen LogP contribution in [0.2, 0.25) is 0 Å². The number of nitrogens with two attached hydrogens (primary N) is 2. The van der Waals surface area contributed by atoms with Crippen LogP contribution in [0.3, 0.4) is 0 Å². The zero-order valence-corrected chi connectivity index (χ0v) is 9.19. The quantitative estimate of drug-likeness (QED) is 0.423. The van der Waals surface area contributed by atoms with Crippen molar-refractivity contribution in [2.24, 2.45) is 16.6 Å². The van der Waals surface area contributed by atoms with Crippen LogP contribution in [0.4, 0.5) is 0 Å². The van der Waals surface area contributed by atoms with Gasteiger partial charge in [-0.1, -0.05) is 0 Å². The molecule has 0 aromatic carbocycles. The van der Waals surface area contributed by atoms with Crippen molar-refractivity contribution in [3.05, 3.63) is 41.1 Å². The Balaban J connectivity index is 2.43. The predicted molar refractivity (Wildman–Crippen MR) is 66.0 cm³/mol. The summed E-state index contributed by atoms with van der Waals surface area (Å²) in [4.78, 5) is 16.2. The summed E-state index contributed by atoms with van der Waals surface area (Å²) in [5.74, 6) is -0.190. The molecule has 0 aliphatic heterocycles. The van der Waals surface area contributed by atoms with E-state index in [1.807, 2.05) is 0 Å². The van der Waals surface area contributed by atoms with E-state index in [9.17, 15) is 4.79 Å². The Kier molecular flexibility index (Phi) is 2.03. The smallest absolute Gasteiger partial charge is 0.282 e. The highest BCUT2D eigenvalue weighted by molar-refractivity contribution is 5.79. The zero-order chi connectivity index (χ0) is 12.7. The summed E-state index contributed by atoms with van der Waals surface area (Å²) in [6.45, 7) is 0. The van der Waals surface area contributed by atoms with Gasteiger partial charge in [0, 0.05) is 18.5 Å². The Morgan fingerprint density at radius 3 is 2.94 bits per heavy atom. The van der Waals surface area contributed by atoms with Gasteiger partial charge in [-0.05, 0) is 6.07 Å². The molecule has 0 radical (unpaired) electrons. The molecule has 3 aromatic rings. The molecule has 3 aromatic heterocycles. The number of guanidine groups is 1. The zero-order valence-electron chi connectivity index (χ0n) is 9.19. The minimum atomic E-state index is -0.356. The fourth-order valence-electron chi connectivity index (χ4n) is 1.75. The van der Waals surface area contributed by atoms with Crippen LogP contribution in [0, 0.1) is 0 Å². The van der Waals surface area contributed by atoms with Gasteiger partial charge < -0.3 is 11.5 Å². The predicted octanol–water partition coefficient (Wildman–Crippen LogP) is -0.919. The Labute approximate surface area is 100 Å². The summed E-state index contributed by atoms with van der Waals surface area (Å²) in [6, 6.07) is 3.45. The Morgan fingerprint density at radius 1 is 1.33 bits per heavy atom. The van der Waals surface area contributed by atoms with Gasteiger partial charge in [0.2, 0.25) is 5.96 Å². The topological polar surface area (TPSA) is 117 Å². The van der Waals surface area contributed by atoms with Gasteiger partial charge in [-0.2, -0.15) is 5.10 Å². The molecular formula is C10H9N7O. The lowest BCUT2D eigenvalue weighted by molar-refractivity contribution is 0.828. The van der Waals surface area contributed by atoms with Crippen LogP contribution < -0.4 is 17.0 Å². The van der Waals surface area contributed by atoms with Gasteiger partial charge in [0.05, 0.1) is 17.1 Å². The van der Waals surface area contributed by atoms with Gasteiger partial charge in [-0.25, -0.2) is 14.2 Å². The van der Waals surface area contributed by atoms with Crippen molar-refractivity contribution in [2.45, 2.75) is 0 Å². The molecule has 18 heavy (non-hydrogen) atoms. The van der Waals surface area contributed by atoms with Crippen molar-refractivity contribution < 1.29 is 0 Å². The van der Waals surface area contributed by atoms with Crippen LogP contribution in [0.15, 0.2) is 40.6 Å². The third kappa shape index (κ3) is 1.39. The number of hydrogen-bond acceptors (Lipinski definition) is 4. The Bertz CT molecular complexity index is 825. The van der Waals surface area contributed by atoms with Gasteiger partial charge in [0.25, 0.3) is 5.56 Å². The normalized spacial score (nSPS) is 10.9. The Hall–Kier alpha value is -2.90. The largest absolute Gasteiger partial charge is 0.369 e. The van der Waals surface area contributed by atoms with E-state index >= 15 is 0 Å². The van der Waals surface area contributed by atoms with Crippen LogP contribution in [0.1, 0.15) is 0 Å². The van der Waals surface area contributed by atoms with Crippen LogP contribution in [0.5, 0.6) is 0 Å². The lowest BCUT2D eigenvalue weighted by atomic mass is 10.3. The number of hydrogen-bond donors (Lipinski definition) is 2. The van der Waals surface area contributed by atoms with Crippen molar-refractivity contribution in [1.29, 1.82) is 0 Å². The van der Waals surface area contributed by atoms with E-state index in [1.165, 1.54) is 12.4 Å². The van der Waals surface area contributed by atoms with E-state index in [2.05, 4.69) is 15.2 Å². The van der Waals surface area contributed by atoms with Gasteiger partial charge in [-0.15, -0.1) is 5.10 Å². The number of pyridine rings is 1. The number of nitrogens with zero attached hydrogens (tertiary/aromatic N) is 5. The van der Waals surface area contributed by atoms with E-state index in [4.69, 9.17) is 11.5 Å². The average Bonchev–Trinajstić information content (AvgIpc) is 2.80. The van der Waals surface area contributed by atoms with Crippen molar-refractivity contribution in [3.63, 3.8) is 0 Å². The van der Waals surface area contributed by atoms with Gasteiger partial charge >= 0.3 is 0 Å². The molecule has 0 atom stereocenters. The third-order valence-electron chi connectivity index (χ3n) is 2.49. The number of fused-ring (bicyclic) bond motifs is 3. The number of rotatable bonds is 1. The summed E-state index contributed by atoms with van der Waals surface area (Å²) >= 11 is 0. The lowest BCUT2D eigenvalue weighted by Crippen LogP contribution is -2.27. The minimum Gasteiger partial charge on any atom is -0.369 e. The second kappa shape index (κ2) is 3.55. The number of aromatic nitrogens is 4. The van der Waals surface area contributed by atoms with E-state index in [0.717, 1.165) is 4.68 Å². The van der Waals surface area contributed by atoms with Crippen LogP contribution in [-0.4, -0.2) is 25.2 Å². The van der Waals surface area contributed by atoms with Crippen LogP contribution in [0.25, 0.3) is 16.6 Å². The second-order valence-electron chi connectivity index (χ2n) is 3.65. The molecule has 90 valence electrons. The van der Waals surface area contributed by atoms with E-state index in [0.29, 0.717) is 16.6 Å². The fourth-order valence-corrected chi connectivity index (χ4v) is 1.75. The SMILES string of the molecule is NC(N)=Nn1ccc2c(cnc3ccnn32)c1=O. The first-order chi connectivity index (χ1) is 8.66. The molecule has 3 rings (SSSR count). The second-order valence-corrected chi connectivity index (χ2v) is 3.65. The highest BCUT2D eigenvalue weighted by atomic mass is 16.1. The lowest BCUT2D eigenvalue weighted by Gasteiger charge is -2.03. The molecule has 8 heteroatoms. The maximum atomic E-state index is 12.1. The molecule has 0 aliphatic carbocycles. The molecule has 0 amide bonds. The van der Waals surface area contributed by atoms with Crippen molar-refractivity contribution in [2.75, 3.05) is 0 Å². The monoisotopic (exact) mass is 243 g/mol. The summed E-state index contributed by atoms with van der Waals surface area (Å²) in [7, 11) is 0. The maximum Gasteiger partial charge on any atom is 0.282 e. The molecule has 8 nitrogen and oxygen atoms in total.